The molecule has 1 saturated heterocycles. The van der Waals surface area contributed by atoms with E-state index in [4.69, 9.17) is 34.8 Å². The SMILES string of the molecule is C#CCN(C[C@H]1[C@H](OC(=O)NCc2ccc(OC)c(OC)c2)[C@H](OC(=O)NCc2ccc(OC)c(OC)c2)C[C@H]2C(=O)N(c3ccccc3)C(=O)[C@@H]12)S(=O)(=O)c1ccc(C)cc1. The molecule has 62 heavy (non-hydrogen) atoms. The van der Waals surface area contributed by atoms with Gasteiger partial charge in [-0.25, -0.2) is 18.0 Å². The van der Waals surface area contributed by atoms with E-state index < -0.39 is 77.1 Å². The van der Waals surface area contributed by atoms with Gasteiger partial charge in [0, 0.05) is 32.0 Å². The van der Waals surface area contributed by atoms with Crippen molar-refractivity contribution in [3.05, 3.63) is 108 Å². The van der Waals surface area contributed by atoms with Crippen molar-refractivity contribution in [1.82, 2.24) is 14.9 Å². The number of anilines is 1. The number of para-hydroxylation sites is 1. The van der Waals surface area contributed by atoms with Crippen LogP contribution in [0.4, 0.5) is 15.3 Å². The molecule has 4 aromatic rings. The van der Waals surface area contributed by atoms with Gasteiger partial charge in [0.1, 0.15) is 12.2 Å². The van der Waals surface area contributed by atoms with Gasteiger partial charge in [-0.05, 0) is 66.6 Å². The van der Waals surface area contributed by atoms with Gasteiger partial charge in [0.2, 0.25) is 21.8 Å². The molecule has 4 amide bonds. The van der Waals surface area contributed by atoms with Crippen LogP contribution in [0, 0.1) is 37.0 Å². The number of carbonyl (C=O) groups excluding carboxylic acids is 4. The third kappa shape index (κ3) is 9.72. The Kier molecular flexibility index (Phi) is 14.3. The lowest BCUT2D eigenvalue weighted by molar-refractivity contribution is -0.137. The molecule has 6 rings (SSSR count). The summed E-state index contributed by atoms with van der Waals surface area (Å²) in [5.41, 5.74) is 2.35. The molecule has 0 unspecified atom stereocenters. The van der Waals surface area contributed by atoms with E-state index in [1.807, 2.05) is 0 Å². The molecule has 2 aliphatic rings. The number of hydrogen-bond acceptors (Lipinski definition) is 12. The minimum absolute atomic E-state index is 0.0251. The van der Waals surface area contributed by atoms with Gasteiger partial charge in [-0.3, -0.25) is 14.5 Å². The molecule has 5 atom stereocenters. The lowest BCUT2D eigenvalue weighted by Gasteiger charge is -2.42. The van der Waals surface area contributed by atoms with Gasteiger partial charge in [0.15, 0.2) is 23.0 Å². The minimum Gasteiger partial charge on any atom is -0.493 e. The molecule has 1 aliphatic carbocycles. The number of hydrogen-bond donors (Lipinski definition) is 2. The first-order chi connectivity index (χ1) is 29.8. The number of alkyl carbamates (subject to hydrolysis) is 2. The fraction of sp³-hybridized carbons (Fsp3) is 0.333. The van der Waals surface area contributed by atoms with Crippen LogP contribution in [0.3, 0.4) is 0 Å². The Balaban J connectivity index is 1.37. The van der Waals surface area contributed by atoms with Crippen LogP contribution in [0.15, 0.2) is 95.9 Å². The molecule has 1 saturated carbocycles. The highest BCUT2D eigenvalue weighted by atomic mass is 32.2. The summed E-state index contributed by atoms with van der Waals surface area (Å²) in [5.74, 6) is -0.628. The zero-order valence-corrected chi connectivity index (χ0v) is 35.7. The van der Waals surface area contributed by atoms with Crippen molar-refractivity contribution in [1.29, 1.82) is 0 Å². The first-order valence-corrected chi connectivity index (χ1v) is 21.0. The van der Waals surface area contributed by atoms with Gasteiger partial charge in [0.25, 0.3) is 0 Å². The Labute approximate surface area is 360 Å². The molecular formula is C45H48N4O12S. The Morgan fingerprint density at radius 3 is 1.84 bits per heavy atom. The lowest BCUT2D eigenvalue weighted by atomic mass is 9.70. The van der Waals surface area contributed by atoms with Crippen molar-refractivity contribution in [2.24, 2.45) is 17.8 Å². The van der Waals surface area contributed by atoms with Crippen LogP contribution in [0.25, 0.3) is 0 Å². The second-order valence-electron chi connectivity index (χ2n) is 14.6. The van der Waals surface area contributed by atoms with Gasteiger partial charge in [-0.1, -0.05) is 53.9 Å². The second kappa shape index (κ2) is 19.7. The number of nitrogens with zero attached hydrogens (tertiary/aromatic N) is 2. The number of amides is 4. The third-order valence-electron chi connectivity index (χ3n) is 10.8. The van der Waals surface area contributed by atoms with Gasteiger partial charge >= 0.3 is 12.2 Å². The van der Waals surface area contributed by atoms with Crippen LogP contribution in [0.5, 0.6) is 23.0 Å². The maximum absolute atomic E-state index is 14.6. The summed E-state index contributed by atoms with van der Waals surface area (Å²) in [4.78, 5) is 57.4. The number of terminal acetylenes is 1. The minimum atomic E-state index is -4.34. The molecule has 17 heteroatoms. The molecule has 2 N–H and O–H groups in total. The van der Waals surface area contributed by atoms with E-state index in [9.17, 15) is 27.6 Å². The highest BCUT2D eigenvalue weighted by molar-refractivity contribution is 7.89. The van der Waals surface area contributed by atoms with Crippen molar-refractivity contribution in [2.75, 3.05) is 46.4 Å². The normalized spacial score (nSPS) is 19.5. The van der Waals surface area contributed by atoms with Gasteiger partial charge in [0.05, 0.1) is 57.4 Å². The lowest BCUT2D eigenvalue weighted by Crippen LogP contribution is -2.56. The zero-order chi connectivity index (χ0) is 44.6. The standard InChI is InChI=1S/C45H48N4O12S/c1-7-21-48(62(54,55)32-17-13-28(2)14-18-32)27-34-40-33(42(50)49(43(40)51)31-11-9-8-10-12-31)24-39(60-44(52)46-25-29-15-19-35(56-3)37(22-29)58-5)41(34)61-45(53)47-26-30-16-20-36(57-4)38(23-30)59-6/h1,8-20,22-23,33-34,39-41H,21,24-27H2,2-6H3,(H,46,52)(H,47,53)/t33-,34-,39-,40-,41+/m1/s1. The number of rotatable bonds is 16. The van der Waals surface area contributed by atoms with Crippen LogP contribution >= 0.6 is 0 Å². The Hall–Kier alpha value is -6.77. The molecule has 0 bridgehead atoms. The van der Waals surface area contributed by atoms with Crippen LogP contribution in [0.2, 0.25) is 0 Å². The first-order valence-electron chi connectivity index (χ1n) is 19.6. The van der Waals surface area contributed by atoms with Crippen molar-refractivity contribution < 1.29 is 56.0 Å². The zero-order valence-electron chi connectivity index (χ0n) is 34.9. The third-order valence-corrected chi connectivity index (χ3v) is 12.7. The highest BCUT2D eigenvalue weighted by Gasteiger charge is 2.60. The van der Waals surface area contributed by atoms with Crippen LogP contribution < -0.4 is 34.5 Å². The van der Waals surface area contributed by atoms with Crippen molar-refractivity contribution in [2.45, 2.75) is 43.5 Å². The predicted octanol–water partition coefficient (Wildman–Crippen LogP) is 5.07. The van der Waals surface area contributed by atoms with E-state index in [-0.39, 0.29) is 24.4 Å². The number of sulfonamides is 1. The van der Waals surface area contributed by atoms with E-state index in [0.29, 0.717) is 39.8 Å². The fourth-order valence-electron chi connectivity index (χ4n) is 7.79. The average Bonchev–Trinajstić information content (AvgIpc) is 3.53. The largest absolute Gasteiger partial charge is 0.493 e. The van der Waals surface area contributed by atoms with E-state index in [0.717, 1.165) is 14.8 Å². The first kappa shape index (κ1) is 44.8. The molecule has 0 spiro atoms. The monoisotopic (exact) mass is 868 g/mol. The molecule has 0 aromatic heterocycles. The average molecular weight is 869 g/mol. The predicted molar refractivity (Wildman–Crippen MR) is 226 cm³/mol. The summed E-state index contributed by atoms with van der Waals surface area (Å²) >= 11 is 0. The van der Waals surface area contributed by atoms with Crippen LogP contribution in [-0.2, 0) is 42.2 Å². The molecule has 0 radical (unpaired) electrons. The Bertz CT molecular complexity index is 2420. The van der Waals surface area contributed by atoms with Gasteiger partial charge < -0.3 is 39.1 Å². The summed E-state index contributed by atoms with van der Waals surface area (Å²) in [6, 6.07) is 24.5. The molecular weight excluding hydrogens is 821 g/mol. The molecule has 4 aromatic carbocycles. The number of aryl methyl sites for hydroxylation is 1. The summed E-state index contributed by atoms with van der Waals surface area (Å²) in [6.07, 6.45) is 0.757. The number of methoxy groups -OCH3 is 4. The smallest absolute Gasteiger partial charge is 0.407 e. The molecule has 1 heterocycles. The molecule has 326 valence electrons. The van der Waals surface area contributed by atoms with E-state index in [1.165, 1.54) is 40.6 Å². The summed E-state index contributed by atoms with van der Waals surface area (Å²) in [6.45, 7) is 0.794. The van der Waals surface area contributed by atoms with Crippen molar-refractivity contribution in [3.8, 4) is 35.3 Å². The van der Waals surface area contributed by atoms with Crippen LogP contribution in [0.1, 0.15) is 23.1 Å². The number of benzene rings is 4. The Morgan fingerprint density at radius 2 is 1.31 bits per heavy atom. The quantitative estimate of drug-likeness (QED) is 0.113. The maximum Gasteiger partial charge on any atom is 0.407 e. The topological polar surface area (TPSA) is 188 Å². The number of carbonyl (C=O) groups is 4. The Morgan fingerprint density at radius 1 is 0.758 bits per heavy atom. The molecule has 2 fully saturated rings. The van der Waals surface area contributed by atoms with Crippen molar-refractivity contribution in [3.63, 3.8) is 0 Å². The second-order valence-corrected chi connectivity index (χ2v) is 16.5. The summed E-state index contributed by atoms with van der Waals surface area (Å²) in [5, 5.41) is 5.37. The fourth-order valence-corrected chi connectivity index (χ4v) is 9.18. The van der Waals surface area contributed by atoms with Gasteiger partial charge in [-0.2, -0.15) is 4.31 Å². The van der Waals surface area contributed by atoms with Crippen LogP contribution in [-0.4, -0.2) is 90.5 Å². The summed E-state index contributed by atoms with van der Waals surface area (Å²) < 4.78 is 63.1. The number of fused-ring (bicyclic) bond motifs is 1. The van der Waals surface area contributed by atoms with E-state index in [2.05, 4.69) is 16.6 Å². The molecule has 1 aliphatic heterocycles. The van der Waals surface area contributed by atoms with E-state index in [1.54, 1.807) is 85.8 Å². The van der Waals surface area contributed by atoms with E-state index >= 15 is 0 Å². The maximum atomic E-state index is 14.6. The summed E-state index contributed by atoms with van der Waals surface area (Å²) in [7, 11) is 1.59. The highest BCUT2D eigenvalue weighted by Crippen LogP contribution is 2.46. The number of imide groups is 1. The molecule has 16 nitrogen and oxygen atoms in total. The van der Waals surface area contributed by atoms with Crippen molar-refractivity contribution >= 4 is 39.7 Å². The number of ether oxygens (including phenoxy) is 6. The number of nitrogens with one attached hydrogen (secondary N) is 2. The van der Waals surface area contributed by atoms with Gasteiger partial charge in [-0.15, -0.1) is 6.42 Å².